The minimum Gasteiger partial charge on any atom is -0.313 e. The van der Waals surface area contributed by atoms with Gasteiger partial charge in [0, 0.05) is 6.54 Å². The average Bonchev–Trinajstić information content (AvgIpc) is 1.90. The SMILES string of the molecule is CC(=O)C1=CCNCC1. The Morgan fingerprint density at radius 1 is 1.78 bits per heavy atom. The van der Waals surface area contributed by atoms with E-state index in [0.717, 1.165) is 25.1 Å². The van der Waals surface area contributed by atoms with Gasteiger partial charge in [-0.3, -0.25) is 4.79 Å². The number of rotatable bonds is 1. The van der Waals surface area contributed by atoms with Crippen molar-refractivity contribution in [1.82, 2.24) is 5.32 Å². The zero-order valence-electron chi connectivity index (χ0n) is 5.61. The maximum atomic E-state index is 10.7. The number of hydrogen-bond donors (Lipinski definition) is 1. The van der Waals surface area contributed by atoms with Crippen LogP contribution in [0.2, 0.25) is 0 Å². The second kappa shape index (κ2) is 2.78. The molecule has 0 aliphatic carbocycles. The van der Waals surface area contributed by atoms with Gasteiger partial charge in [-0.15, -0.1) is 0 Å². The molecule has 0 aromatic carbocycles. The second-order valence-corrected chi connectivity index (χ2v) is 2.24. The predicted molar refractivity (Wildman–Crippen MR) is 36.3 cm³/mol. The van der Waals surface area contributed by atoms with Gasteiger partial charge in [0.2, 0.25) is 0 Å². The quantitative estimate of drug-likeness (QED) is 0.552. The van der Waals surface area contributed by atoms with Crippen molar-refractivity contribution < 1.29 is 4.79 Å². The summed E-state index contributed by atoms with van der Waals surface area (Å²) in [6.07, 6.45) is 2.86. The van der Waals surface area contributed by atoms with Crippen LogP contribution in [0.15, 0.2) is 11.6 Å². The molecule has 0 spiro atoms. The summed E-state index contributed by atoms with van der Waals surface area (Å²) in [6.45, 7) is 3.43. The van der Waals surface area contributed by atoms with E-state index in [4.69, 9.17) is 0 Å². The van der Waals surface area contributed by atoms with E-state index in [1.165, 1.54) is 0 Å². The first-order valence-electron chi connectivity index (χ1n) is 3.21. The highest BCUT2D eigenvalue weighted by molar-refractivity contribution is 5.93. The molecule has 0 bridgehead atoms. The zero-order valence-corrected chi connectivity index (χ0v) is 5.61. The molecule has 9 heavy (non-hydrogen) atoms. The molecule has 0 aromatic heterocycles. The van der Waals surface area contributed by atoms with Gasteiger partial charge in [-0.05, 0) is 25.5 Å². The Balaban J connectivity index is 2.57. The van der Waals surface area contributed by atoms with Crippen molar-refractivity contribution in [3.63, 3.8) is 0 Å². The Morgan fingerprint density at radius 2 is 2.56 bits per heavy atom. The van der Waals surface area contributed by atoms with Gasteiger partial charge < -0.3 is 5.32 Å². The lowest BCUT2D eigenvalue weighted by atomic mass is 10.1. The summed E-state index contributed by atoms with van der Waals surface area (Å²) in [6, 6.07) is 0. The van der Waals surface area contributed by atoms with Crippen LogP contribution in [0.4, 0.5) is 0 Å². The van der Waals surface area contributed by atoms with Crippen LogP contribution in [0.5, 0.6) is 0 Å². The third kappa shape index (κ3) is 1.64. The van der Waals surface area contributed by atoms with Crippen molar-refractivity contribution in [1.29, 1.82) is 0 Å². The fourth-order valence-corrected chi connectivity index (χ4v) is 0.942. The summed E-state index contributed by atoms with van der Waals surface area (Å²) in [7, 11) is 0. The van der Waals surface area contributed by atoms with Crippen LogP contribution < -0.4 is 5.32 Å². The predicted octanol–water partition coefficient (Wildman–Crippen LogP) is 0.495. The number of ketones is 1. The lowest BCUT2D eigenvalue weighted by Crippen LogP contribution is -2.22. The minimum absolute atomic E-state index is 0.219. The molecule has 2 nitrogen and oxygen atoms in total. The van der Waals surface area contributed by atoms with E-state index in [0.29, 0.717) is 0 Å². The van der Waals surface area contributed by atoms with Crippen molar-refractivity contribution in [2.24, 2.45) is 0 Å². The molecule has 0 amide bonds. The summed E-state index contributed by atoms with van der Waals surface area (Å²) < 4.78 is 0. The number of carbonyl (C=O) groups excluding carboxylic acids is 1. The van der Waals surface area contributed by atoms with E-state index in [2.05, 4.69) is 5.32 Å². The highest BCUT2D eigenvalue weighted by Crippen LogP contribution is 2.03. The minimum atomic E-state index is 0.219. The summed E-state index contributed by atoms with van der Waals surface area (Å²) >= 11 is 0. The van der Waals surface area contributed by atoms with Crippen molar-refractivity contribution >= 4 is 5.78 Å². The first-order valence-corrected chi connectivity index (χ1v) is 3.21. The van der Waals surface area contributed by atoms with E-state index in [9.17, 15) is 4.79 Å². The van der Waals surface area contributed by atoms with E-state index < -0.39 is 0 Å². The van der Waals surface area contributed by atoms with E-state index >= 15 is 0 Å². The maximum absolute atomic E-state index is 10.7. The summed E-state index contributed by atoms with van der Waals surface area (Å²) in [5, 5.41) is 3.14. The molecule has 0 saturated heterocycles. The van der Waals surface area contributed by atoms with Gasteiger partial charge in [0.1, 0.15) is 0 Å². The van der Waals surface area contributed by atoms with Crippen molar-refractivity contribution in [3.8, 4) is 0 Å². The van der Waals surface area contributed by atoms with Gasteiger partial charge in [0.05, 0.1) is 0 Å². The van der Waals surface area contributed by atoms with E-state index in [-0.39, 0.29) is 5.78 Å². The first kappa shape index (κ1) is 6.49. The van der Waals surface area contributed by atoms with Crippen LogP contribution in [0, 0.1) is 0 Å². The van der Waals surface area contributed by atoms with Crippen LogP contribution in [-0.4, -0.2) is 18.9 Å². The van der Waals surface area contributed by atoms with Crippen molar-refractivity contribution in [2.75, 3.05) is 13.1 Å². The molecule has 1 heterocycles. The lowest BCUT2D eigenvalue weighted by Gasteiger charge is -2.10. The van der Waals surface area contributed by atoms with Gasteiger partial charge >= 0.3 is 0 Å². The van der Waals surface area contributed by atoms with Gasteiger partial charge in [-0.25, -0.2) is 0 Å². The Hall–Kier alpha value is -0.630. The Labute approximate surface area is 54.9 Å². The van der Waals surface area contributed by atoms with Crippen LogP contribution in [0.3, 0.4) is 0 Å². The molecule has 1 aliphatic rings. The molecule has 0 saturated carbocycles. The van der Waals surface area contributed by atoms with E-state index in [1.54, 1.807) is 6.92 Å². The highest BCUT2D eigenvalue weighted by atomic mass is 16.1. The number of Topliss-reactive ketones (excluding diaryl/α,β-unsaturated/α-hetero) is 1. The van der Waals surface area contributed by atoms with Crippen LogP contribution in [0.1, 0.15) is 13.3 Å². The lowest BCUT2D eigenvalue weighted by molar-refractivity contribution is -0.113. The molecule has 1 aliphatic heterocycles. The maximum Gasteiger partial charge on any atom is 0.155 e. The standard InChI is InChI=1S/C7H11NO/c1-6(9)7-2-4-8-5-3-7/h2,8H,3-5H2,1H3. The molecule has 1 N–H and O–H groups in total. The molecule has 2 heteroatoms. The van der Waals surface area contributed by atoms with Crippen LogP contribution >= 0.6 is 0 Å². The smallest absolute Gasteiger partial charge is 0.155 e. The topological polar surface area (TPSA) is 29.1 Å². The third-order valence-corrected chi connectivity index (χ3v) is 1.52. The number of carbonyl (C=O) groups is 1. The molecule has 50 valence electrons. The van der Waals surface area contributed by atoms with Crippen LogP contribution in [-0.2, 0) is 4.79 Å². The molecular weight excluding hydrogens is 114 g/mol. The van der Waals surface area contributed by atoms with Gasteiger partial charge in [0.15, 0.2) is 5.78 Å². The molecule has 0 radical (unpaired) electrons. The number of nitrogens with one attached hydrogen (secondary N) is 1. The Bertz CT molecular complexity index is 149. The molecule has 0 unspecified atom stereocenters. The molecule has 1 rings (SSSR count). The van der Waals surface area contributed by atoms with Gasteiger partial charge in [-0.1, -0.05) is 6.08 Å². The third-order valence-electron chi connectivity index (χ3n) is 1.52. The number of hydrogen-bond acceptors (Lipinski definition) is 2. The zero-order chi connectivity index (χ0) is 6.69. The monoisotopic (exact) mass is 125 g/mol. The molecular formula is C7H11NO. The average molecular weight is 125 g/mol. The molecule has 0 fully saturated rings. The first-order chi connectivity index (χ1) is 4.30. The van der Waals surface area contributed by atoms with Crippen molar-refractivity contribution in [3.05, 3.63) is 11.6 Å². The second-order valence-electron chi connectivity index (χ2n) is 2.24. The Kier molecular flexibility index (Phi) is 2.01. The van der Waals surface area contributed by atoms with E-state index in [1.807, 2.05) is 6.08 Å². The fourth-order valence-electron chi connectivity index (χ4n) is 0.942. The van der Waals surface area contributed by atoms with Gasteiger partial charge in [-0.2, -0.15) is 0 Å². The van der Waals surface area contributed by atoms with Gasteiger partial charge in [0.25, 0.3) is 0 Å². The molecule has 0 atom stereocenters. The highest BCUT2D eigenvalue weighted by Gasteiger charge is 2.05. The molecule has 0 aromatic rings. The summed E-state index contributed by atoms with van der Waals surface area (Å²) in [5.41, 5.74) is 0.980. The van der Waals surface area contributed by atoms with Crippen LogP contribution in [0.25, 0.3) is 0 Å². The summed E-state index contributed by atoms with van der Waals surface area (Å²) in [4.78, 5) is 10.7. The summed E-state index contributed by atoms with van der Waals surface area (Å²) in [5.74, 6) is 0.219. The van der Waals surface area contributed by atoms with Crippen molar-refractivity contribution in [2.45, 2.75) is 13.3 Å². The Morgan fingerprint density at radius 3 is 2.89 bits per heavy atom. The largest absolute Gasteiger partial charge is 0.313 e. The fraction of sp³-hybridized carbons (Fsp3) is 0.571. The normalized spacial score (nSPS) is 19.0.